The van der Waals surface area contributed by atoms with Crippen molar-refractivity contribution in [1.82, 2.24) is 0 Å². The smallest absolute Gasteiger partial charge is 0.205 e. The van der Waals surface area contributed by atoms with E-state index in [0.717, 1.165) is 19.3 Å². The van der Waals surface area contributed by atoms with Crippen LogP contribution in [0, 0.1) is 0 Å². The fourth-order valence-corrected chi connectivity index (χ4v) is 2.49. The first kappa shape index (κ1) is 12.0. The Kier molecular flexibility index (Phi) is 4.93. The standard InChI is InChI=1S/C10H12Cl2OS/c1-2-3-4-7-5-6-8(14-7)9(13)10(11)12/h5-6,10H,2-4H2,1H3. The van der Waals surface area contributed by atoms with Crippen LogP contribution in [0.5, 0.6) is 0 Å². The molecule has 0 bridgehead atoms. The second-order valence-corrected chi connectivity index (χ2v) is 5.30. The summed E-state index contributed by atoms with van der Waals surface area (Å²) < 4.78 is 0. The Labute approximate surface area is 98.0 Å². The zero-order valence-corrected chi connectivity index (χ0v) is 10.3. The zero-order valence-electron chi connectivity index (χ0n) is 7.93. The average molecular weight is 251 g/mol. The lowest BCUT2D eigenvalue weighted by molar-refractivity contribution is 0.101. The lowest BCUT2D eigenvalue weighted by Gasteiger charge is -1.95. The van der Waals surface area contributed by atoms with Crippen molar-refractivity contribution in [2.24, 2.45) is 0 Å². The van der Waals surface area contributed by atoms with Crippen LogP contribution in [0.1, 0.15) is 34.3 Å². The third-order valence-electron chi connectivity index (χ3n) is 1.88. The number of carbonyl (C=O) groups excluding carboxylic acids is 1. The minimum atomic E-state index is -0.937. The fraction of sp³-hybridized carbons (Fsp3) is 0.500. The Balaban J connectivity index is 2.63. The maximum absolute atomic E-state index is 11.4. The fourth-order valence-electron chi connectivity index (χ4n) is 1.10. The third kappa shape index (κ3) is 3.26. The van der Waals surface area contributed by atoms with E-state index in [1.165, 1.54) is 16.2 Å². The summed E-state index contributed by atoms with van der Waals surface area (Å²) in [5.41, 5.74) is 0. The molecule has 0 aromatic carbocycles. The van der Waals surface area contributed by atoms with Gasteiger partial charge in [0.1, 0.15) is 0 Å². The molecule has 0 saturated heterocycles. The van der Waals surface area contributed by atoms with E-state index in [1.54, 1.807) is 6.07 Å². The molecule has 0 spiro atoms. The Morgan fingerprint density at radius 3 is 2.79 bits per heavy atom. The molecule has 0 unspecified atom stereocenters. The van der Waals surface area contributed by atoms with E-state index in [1.807, 2.05) is 6.07 Å². The molecule has 0 aliphatic heterocycles. The Hall–Kier alpha value is -0.0500. The van der Waals surface area contributed by atoms with Crippen LogP contribution < -0.4 is 0 Å². The highest BCUT2D eigenvalue weighted by atomic mass is 35.5. The minimum absolute atomic E-state index is 0.193. The number of ketones is 1. The third-order valence-corrected chi connectivity index (χ3v) is 3.44. The zero-order chi connectivity index (χ0) is 10.6. The van der Waals surface area contributed by atoms with Crippen LogP contribution in [0.15, 0.2) is 12.1 Å². The highest BCUT2D eigenvalue weighted by molar-refractivity contribution is 7.14. The molecule has 1 aromatic heterocycles. The van der Waals surface area contributed by atoms with Gasteiger partial charge in [-0.25, -0.2) is 0 Å². The second-order valence-electron chi connectivity index (χ2n) is 3.03. The number of aryl methyl sites for hydroxylation is 1. The van der Waals surface area contributed by atoms with E-state index < -0.39 is 4.84 Å². The Bertz CT molecular complexity index is 307. The van der Waals surface area contributed by atoms with Crippen LogP contribution in [0.4, 0.5) is 0 Å². The molecule has 0 N–H and O–H groups in total. The highest BCUT2D eigenvalue weighted by Crippen LogP contribution is 2.22. The maximum Gasteiger partial charge on any atom is 0.205 e. The van der Waals surface area contributed by atoms with E-state index in [4.69, 9.17) is 23.2 Å². The summed E-state index contributed by atoms with van der Waals surface area (Å²) in [6.45, 7) is 2.15. The van der Waals surface area contributed by atoms with Crippen LogP contribution >= 0.6 is 34.5 Å². The monoisotopic (exact) mass is 250 g/mol. The summed E-state index contributed by atoms with van der Waals surface area (Å²) in [6.07, 6.45) is 3.35. The number of rotatable bonds is 5. The normalized spacial score (nSPS) is 10.9. The van der Waals surface area contributed by atoms with Gasteiger partial charge in [-0.1, -0.05) is 36.5 Å². The molecule has 1 heterocycles. The predicted octanol–water partition coefficient (Wildman–Crippen LogP) is 4.08. The SMILES string of the molecule is CCCCc1ccc(C(=O)C(Cl)Cl)s1. The van der Waals surface area contributed by atoms with Gasteiger partial charge in [0.15, 0.2) is 4.84 Å². The van der Waals surface area contributed by atoms with E-state index in [9.17, 15) is 4.79 Å². The summed E-state index contributed by atoms with van der Waals surface area (Å²) in [7, 11) is 0. The molecule has 0 atom stereocenters. The van der Waals surface area contributed by atoms with Crippen LogP contribution in [-0.4, -0.2) is 10.6 Å². The minimum Gasteiger partial charge on any atom is -0.290 e. The van der Waals surface area contributed by atoms with Crippen molar-refractivity contribution in [2.75, 3.05) is 0 Å². The summed E-state index contributed by atoms with van der Waals surface area (Å²) in [5.74, 6) is -0.193. The molecule has 1 nitrogen and oxygen atoms in total. The van der Waals surface area contributed by atoms with Crippen molar-refractivity contribution < 1.29 is 4.79 Å². The largest absolute Gasteiger partial charge is 0.290 e. The van der Waals surface area contributed by atoms with Gasteiger partial charge in [0.2, 0.25) is 5.78 Å². The molecule has 14 heavy (non-hydrogen) atoms. The molecule has 1 aromatic rings. The van der Waals surface area contributed by atoms with Gasteiger partial charge in [0, 0.05) is 4.88 Å². The first-order valence-electron chi connectivity index (χ1n) is 4.56. The van der Waals surface area contributed by atoms with Crippen LogP contribution in [-0.2, 0) is 6.42 Å². The van der Waals surface area contributed by atoms with Crippen molar-refractivity contribution in [1.29, 1.82) is 0 Å². The quantitative estimate of drug-likeness (QED) is 0.569. The van der Waals surface area contributed by atoms with E-state index in [-0.39, 0.29) is 5.78 Å². The number of Topliss-reactive ketones (excluding diaryl/α,β-unsaturated/α-hetero) is 1. The van der Waals surface area contributed by atoms with Crippen LogP contribution in [0.2, 0.25) is 0 Å². The number of hydrogen-bond donors (Lipinski definition) is 0. The van der Waals surface area contributed by atoms with Gasteiger partial charge in [0.25, 0.3) is 0 Å². The van der Waals surface area contributed by atoms with E-state index in [2.05, 4.69) is 6.92 Å². The second kappa shape index (κ2) is 5.74. The molecule has 78 valence electrons. The van der Waals surface area contributed by atoms with Gasteiger partial charge in [-0.3, -0.25) is 4.79 Å². The molecule has 4 heteroatoms. The first-order chi connectivity index (χ1) is 6.65. The number of thiophene rings is 1. The molecular weight excluding hydrogens is 239 g/mol. The molecule has 1 rings (SSSR count). The van der Waals surface area contributed by atoms with Gasteiger partial charge >= 0.3 is 0 Å². The van der Waals surface area contributed by atoms with Crippen molar-refractivity contribution in [3.8, 4) is 0 Å². The van der Waals surface area contributed by atoms with Gasteiger partial charge < -0.3 is 0 Å². The maximum atomic E-state index is 11.4. The number of unbranched alkanes of at least 4 members (excludes halogenated alkanes) is 1. The number of alkyl halides is 2. The molecule has 0 radical (unpaired) electrons. The number of halogens is 2. The molecular formula is C10H12Cl2OS. The lowest BCUT2D eigenvalue weighted by atomic mass is 10.2. The van der Waals surface area contributed by atoms with Crippen molar-refractivity contribution in [3.63, 3.8) is 0 Å². The van der Waals surface area contributed by atoms with Gasteiger partial charge in [-0.05, 0) is 25.0 Å². The van der Waals surface area contributed by atoms with Crippen LogP contribution in [0.25, 0.3) is 0 Å². The van der Waals surface area contributed by atoms with Gasteiger partial charge in [-0.2, -0.15) is 0 Å². The Morgan fingerprint density at radius 2 is 2.21 bits per heavy atom. The first-order valence-corrected chi connectivity index (χ1v) is 6.25. The Morgan fingerprint density at radius 1 is 1.50 bits per heavy atom. The van der Waals surface area contributed by atoms with E-state index >= 15 is 0 Å². The molecule has 0 aliphatic carbocycles. The highest BCUT2D eigenvalue weighted by Gasteiger charge is 2.16. The van der Waals surface area contributed by atoms with Gasteiger partial charge in [0.05, 0.1) is 4.88 Å². The van der Waals surface area contributed by atoms with Crippen molar-refractivity contribution in [3.05, 3.63) is 21.9 Å². The summed E-state index contributed by atoms with van der Waals surface area (Å²) in [5, 5.41) is 0. The number of hydrogen-bond acceptors (Lipinski definition) is 2. The summed E-state index contributed by atoms with van der Waals surface area (Å²) in [6, 6.07) is 3.78. The molecule has 0 aliphatic rings. The topological polar surface area (TPSA) is 17.1 Å². The summed E-state index contributed by atoms with van der Waals surface area (Å²) in [4.78, 5) is 12.3. The van der Waals surface area contributed by atoms with Crippen LogP contribution in [0.3, 0.4) is 0 Å². The average Bonchev–Trinajstić information content (AvgIpc) is 2.61. The van der Waals surface area contributed by atoms with Gasteiger partial charge in [-0.15, -0.1) is 11.3 Å². The van der Waals surface area contributed by atoms with Crippen molar-refractivity contribution in [2.45, 2.75) is 31.0 Å². The van der Waals surface area contributed by atoms with E-state index in [0.29, 0.717) is 4.88 Å². The van der Waals surface area contributed by atoms with Crippen molar-refractivity contribution >= 4 is 40.3 Å². The predicted molar refractivity (Wildman–Crippen MR) is 62.8 cm³/mol. The lowest BCUT2D eigenvalue weighted by Crippen LogP contribution is -2.05. The molecule has 0 fully saturated rings. The summed E-state index contributed by atoms with van der Waals surface area (Å²) >= 11 is 12.5. The molecule has 0 saturated carbocycles. The molecule has 0 amide bonds. The number of carbonyl (C=O) groups is 1.